The summed E-state index contributed by atoms with van der Waals surface area (Å²) in [6.07, 6.45) is 3.62. The highest BCUT2D eigenvalue weighted by Crippen LogP contribution is 2.25. The largest absolute Gasteiger partial charge is 0.351 e. The van der Waals surface area contributed by atoms with Crippen molar-refractivity contribution in [2.24, 2.45) is 0 Å². The molecule has 0 bridgehead atoms. The number of carbonyl (C=O) groups is 1. The number of carbonyl (C=O) groups excluding carboxylic acids is 1. The molecule has 3 rings (SSSR count). The van der Waals surface area contributed by atoms with Gasteiger partial charge < -0.3 is 5.32 Å². The summed E-state index contributed by atoms with van der Waals surface area (Å²) < 4.78 is 1.80. The van der Waals surface area contributed by atoms with Crippen molar-refractivity contribution in [3.05, 3.63) is 77.6 Å². The van der Waals surface area contributed by atoms with Gasteiger partial charge in [-0.1, -0.05) is 29.8 Å². The first-order valence-corrected chi connectivity index (χ1v) is 9.17. The number of halogens is 1. The van der Waals surface area contributed by atoms with Crippen molar-refractivity contribution in [1.82, 2.24) is 15.1 Å². The highest BCUT2D eigenvalue weighted by molar-refractivity contribution is 8.00. The molecule has 0 spiro atoms. The van der Waals surface area contributed by atoms with Gasteiger partial charge in [-0.3, -0.25) is 4.79 Å². The van der Waals surface area contributed by atoms with E-state index in [0.717, 1.165) is 16.1 Å². The number of benzene rings is 2. The van der Waals surface area contributed by atoms with Gasteiger partial charge >= 0.3 is 0 Å². The first kappa shape index (κ1) is 17.6. The van der Waals surface area contributed by atoms with Crippen molar-refractivity contribution in [2.75, 3.05) is 0 Å². The summed E-state index contributed by atoms with van der Waals surface area (Å²) in [6, 6.07) is 17.3. The number of hydrogen-bond donors (Lipinski definition) is 1. The highest BCUT2D eigenvalue weighted by atomic mass is 35.5. The van der Waals surface area contributed by atoms with Crippen LogP contribution in [0.3, 0.4) is 0 Å². The molecule has 4 nitrogen and oxygen atoms in total. The van der Waals surface area contributed by atoms with E-state index in [2.05, 4.69) is 10.4 Å². The lowest BCUT2D eigenvalue weighted by Crippen LogP contribution is -2.30. The Morgan fingerprint density at radius 2 is 1.96 bits per heavy atom. The molecule has 0 saturated heterocycles. The zero-order valence-corrected chi connectivity index (χ0v) is 15.3. The van der Waals surface area contributed by atoms with Gasteiger partial charge in [-0.15, -0.1) is 11.8 Å². The van der Waals surface area contributed by atoms with E-state index in [1.807, 2.05) is 67.7 Å². The number of nitrogens with zero attached hydrogens (tertiary/aromatic N) is 2. The molecule has 0 saturated carbocycles. The van der Waals surface area contributed by atoms with Crippen LogP contribution in [0.5, 0.6) is 0 Å². The van der Waals surface area contributed by atoms with Crippen LogP contribution in [0.15, 0.2) is 71.9 Å². The Balaban J connectivity index is 1.62. The van der Waals surface area contributed by atoms with E-state index in [1.165, 1.54) is 11.8 Å². The molecule has 0 fully saturated rings. The normalized spacial score (nSPS) is 11.9. The Morgan fingerprint density at radius 1 is 1.20 bits per heavy atom. The van der Waals surface area contributed by atoms with Gasteiger partial charge in [0.05, 0.1) is 10.9 Å². The van der Waals surface area contributed by atoms with E-state index >= 15 is 0 Å². The molecule has 2 aromatic carbocycles. The van der Waals surface area contributed by atoms with Crippen LogP contribution in [0, 0.1) is 0 Å². The van der Waals surface area contributed by atoms with Gasteiger partial charge in [-0.25, -0.2) is 4.68 Å². The third kappa shape index (κ3) is 4.65. The molecule has 6 heteroatoms. The third-order valence-electron chi connectivity index (χ3n) is 3.69. The van der Waals surface area contributed by atoms with Crippen LogP contribution in [0.25, 0.3) is 5.69 Å². The van der Waals surface area contributed by atoms with E-state index in [-0.39, 0.29) is 11.2 Å². The van der Waals surface area contributed by atoms with Crippen LogP contribution >= 0.6 is 23.4 Å². The van der Waals surface area contributed by atoms with Gasteiger partial charge in [0.25, 0.3) is 0 Å². The number of amides is 1. The summed E-state index contributed by atoms with van der Waals surface area (Å²) in [5.74, 6) is -0.00443. The number of hydrogen-bond acceptors (Lipinski definition) is 3. The van der Waals surface area contributed by atoms with Crippen molar-refractivity contribution in [3.63, 3.8) is 0 Å². The van der Waals surface area contributed by atoms with Crippen molar-refractivity contribution in [3.8, 4) is 5.69 Å². The lowest BCUT2D eigenvalue weighted by Gasteiger charge is -2.14. The smallest absolute Gasteiger partial charge is 0.233 e. The topological polar surface area (TPSA) is 46.9 Å². The lowest BCUT2D eigenvalue weighted by molar-refractivity contribution is -0.120. The molecule has 1 atom stereocenters. The molecular formula is C19H18ClN3OS. The zero-order chi connectivity index (χ0) is 17.6. The van der Waals surface area contributed by atoms with Crippen molar-refractivity contribution < 1.29 is 4.79 Å². The molecule has 0 aliphatic rings. The van der Waals surface area contributed by atoms with Crippen molar-refractivity contribution in [2.45, 2.75) is 23.6 Å². The van der Waals surface area contributed by atoms with Crippen LogP contribution < -0.4 is 5.32 Å². The number of para-hydroxylation sites is 1. The highest BCUT2D eigenvalue weighted by Gasteiger charge is 2.15. The molecule has 1 N–H and O–H groups in total. The van der Waals surface area contributed by atoms with Crippen LogP contribution in [-0.4, -0.2) is 20.9 Å². The van der Waals surface area contributed by atoms with Crippen molar-refractivity contribution >= 4 is 29.3 Å². The molecular weight excluding hydrogens is 354 g/mol. The maximum Gasteiger partial charge on any atom is 0.233 e. The minimum atomic E-state index is -0.196. The summed E-state index contributed by atoms with van der Waals surface area (Å²) in [6.45, 7) is 2.36. The molecule has 1 heterocycles. The second kappa shape index (κ2) is 8.23. The molecule has 3 aromatic rings. The Kier molecular flexibility index (Phi) is 5.79. The Hall–Kier alpha value is -2.24. The Morgan fingerprint density at radius 3 is 2.68 bits per heavy atom. The maximum atomic E-state index is 12.4. The van der Waals surface area contributed by atoms with Crippen LogP contribution in [0.2, 0.25) is 5.02 Å². The second-order valence-corrected chi connectivity index (χ2v) is 7.36. The molecule has 1 unspecified atom stereocenters. The average Bonchev–Trinajstić information content (AvgIpc) is 3.16. The van der Waals surface area contributed by atoms with Crippen LogP contribution in [0.4, 0.5) is 0 Å². The van der Waals surface area contributed by atoms with E-state index in [4.69, 9.17) is 11.6 Å². The SMILES string of the molecule is CC(Sc1ccc(Cl)cc1)C(=O)NCc1ccccc1-n1cccn1. The summed E-state index contributed by atoms with van der Waals surface area (Å²) in [4.78, 5) is 13.4. The minimum Gasteiger partial charge on any atom is -0.351 e. The molecule has 0 aliphatic carbocycles. The standard InChI is InChI=1S/C19H18ClN3OS/c1-14(25-17-9-7-16(20)8-10-17)19(24)21-13-15-5-2-3-6-18(15)23-12-4-11-22-23/h2-12,14H,13H2,1H3,(H,21,24). The van der Waals surface area contributed by atoms with Gasteiger partial charge in [0.15, 0.2) is 0 Å². The van der Waals surface area contributed by atoms with E-state index < -0.39 is 0 Å². The fraction of sp³-hybridized carbons (Fsp3) is 0.158. The van der Waals surface area contributed by atoms with Crippen LogP contribution in [-0.2, 0) is 11.3 Å². The summed E-state index contributed by atoms with van der Waals surface area (Å²) >= 11 is 7.40. The van der Waals surface area contributed by atoms with Gasteiger partial charge in [0.2, 0.25) is 5.91 Å². The first-order valence-electron chi connectivity index (χ1n) is 7.91. The van der Waals surface area contributed by atoms with E-state index in [1.54, 1.807) is 10.9 Å². The predicted molar refractivity (Wildman–Crippen MR) is 102 cm³/mol. The van der Waals surface area contributed by atoms with Gasteiger partial charge in [-0.2, -0.15) is 5.10 Å². The fourth-order valence-electron chi connectivity index (χ4n) is 2.39. The molecule has 0 radical (unpaired) electrons. The maximum absolute atomic E-state index is 12.4. The van der Waals surface area contributed by atoms with E-state index in [0.29, 0.717) is 11.6 Å². The monoisotopic (exact) mass is 371 g/mol. The number of rotatable bonds is 6. The fourth-order valence-corrected chi connectivity index (χ4v) is 3.41. The van der Waals surface area contributed by atoms with Crippen molar-refractivity contribution in [1.29, 1.82) is 0 Å². The third-order valence-corrected chi connectivity index (χ3v) is 5.06. The number of thioether (sulfide) groups is 1. The average molecular weight is 372 g/mol. The van der Waals surface area contributed by atoms with Gasteiger partial charge in [-0.05, 0) is 48.9 Å². The van der Waals surface area contributed by atoms with E-state index in [9.17, 15) is 4.79 Å². The molecule has 1 amide bonds. The molecule has 1 aromatic heterocycles. The number of nitrogens with one attached hydrogen (secondary N) is 1. The van der Waals surface area contributed by atoms with Gasteiger partial charge in [0.1, 0.15) is 0 Å². The molecule has 0 aliphatic heterocycles. The lowest BCUT2D eigenvalue weighted by atomic mass is 10.1. The van der Waals surface area contributed by atoms with Crippen LogP contribution in [0.1, 0.15) is 12.5 Å². The zero-order valence-electron chi connectivity index (χ0n) is 13.7. The minimum absolute atomic E-state index is 0.00443. The quantitative estimate of drug-likeness (QED) is 0.656. The summed E-state index contributed by atoms with van der Waals surface area (Å²) in [5.41, 5.74) is 1.98. The van der Waals surface area contributed by atoms with Gasteiger partial charge in [0, 0.05) is 28.9 Å². The summed E-state index contributed by atoms with van der Waals surface area (Å²) in [7, 11) is 0. The second-order valence-electron chi connectivity index (χ2n) is 5.51. The first-order chi connectivity index (χ1) is 12.1. The molecule has 128 valence electrons. The Bertz CT molecular complexity index is 834. The molecule has 25 heavy (non-hydrogen) atoms. The Labute approximate surface area is 156 Å². The predicted octanol–water partition coefficient (Wildman–Crippen LogP) is 4.32. The number of aromatic nitrogens is 2. The summed E-state index contributed by atoms with van der Waals surface area (Å²) in [5, 5.41) is 7.76.